The van der Waals surface area contributed by atoms with Crippen molar-refractivity contribution in [2.24, 2.45) is 4.99 Å². The van der Waals surface area contributed by atoms with Crippen molar-refractivity contribution in [3.63, 3.8) is 0 Å². The highest BCUT2D eigenvalue weighted by molar-refractivity contribution is 14.0. The lowest BCUT2D eigenvalue weighted by molar-refractivity contribution is 0.0179. The number of hydrogen-bond donors (Lipinski definition) is 1. The minimum Gasteiger partial charge on any atom is -0.379 e. The Morgan fingerprint density at radius 1 is 1.33 bits per heavy atom. The lowest BCUT2D eigenvalue weighted by atomic mass is 10.0. The molecule has 1 aliphatic rings. The molecule has 1 atom stereocenters. The van der Waals surface area contributed by atoms with Crippen molar-refractivity contribution in [3.8, 4) is 0 Å². The van der Waals surface area contributed by atoms with Crippen LogP contribution in [0.3, 0.4) is 0 Å². The monoisotopic (exact) mass is 543 g/mol. The quantitative estimate of drug-likeness (QED) is 0.327. The van der Waals surface area contributed by atoms with Crippen molar-refractivity contribution >= 4 is 41.3 Å². The van der Waals surface area contributed by atoms with Gasteiger partial charge in [0.2, 0.25) is 0 Å². The number of aryl methyl sites for hydroxylation is 2. The van der Waals surface area contributed by atoms with E-state index in [0.717, 1.165) is 56.1 Å². The Balaban J connectivity index is 0.00000320. The highest BCUT2D eigenvalue weighted by Gasteiger charge is 2.23. The fraction of sp³-hybridized carbons (Fsp3) is 0.545. The number of nitrogens with one attached hydrogen (secondary N) is 1. The molecule has 0 saturated carbocycles. The molecule has 0 radical (unpaired) electrons. The van der Waals surface area contributed by atoms with Crippen LogP contribution in [0.4, 0.5) is 0 Å². The predicted octanol–water partition coefficient (Wildman–Crippen LogP) is 3.85. The van der Waals surface area contributed by atoms with Gasteiger partial charge in [-0.3, -0.25) is 9.89 Å². The maximum atomic E-state index is 5.58. The highest BCUT2D eigenvalue weighted by Crippen LogP contribution is 2.23. The van der Waals surface area contributed by atoms with Crippen LogP contribution in [0.1, 0.15) is 34.8 Å². The molecular weight excluding hydrogens is 509 g/mol. The summed E-state index contributed by atoms with van der Waals surface area (Å²) in [4.78, 5) is 14.3. The van der Waals surface area contributed by atoms with E-state index in [4.69, 9.17) is 9.73 Å². The molecule has 0 amide bonds. The minimum atomic E-state index is 0. The van der Waals surface area contributed by atoms with Crippen LogP contribution in [0.5, 0.6) is 0 Å². The highest BCUT2D eigenvalue weighted by atomic mass is 127. The number of morpholine rings is 1. The van der Waals surface area contributed by atoms with Gasteiger partial charge in [-0.25, -0.2) is 4.98 Å². The lowest BCUT2D eigenvalue weighted by Gasteiger charge is -2.34. The fourth-order valence-electron chi connectivity index (χ4n) is 3.64. The van der Waals surface area contributed by atoms with E-state index in [1.807, 2.05) is 6.92 Å². The largest absolute Gasteiger partial charge is 0.379 e. The number of nitrogens with zero attached hydrogens (tertiary/aromatic N) is 4. The van der Waals surface area contributed by atoms with E-state index >= 15 is 0 Å². The second-order valence-electron chi connectivity index (χ2n) is 7.49. The van der Waals surface area contributed by atoms with Crippen LogP contribution in [-0.4, -0.2) is 67.2 Å². The molecular formula is C22H34IN5OS. The topological polar surface area (TPSA) is 53.0 Å². The first-order valence-electron chi connectivity index (χ1n) is 10.4. The van der Waals surface area contributed by atoms with Gasteiger partial charge in [0, 0.05) is 32.1 Å². The summed E-state index contributed by atoms with van der Waals surface area (Å²) in [6.07, 6.45) is 0. The predicted molar refractivity (Wildman–Crippen MR) is 136 cm³/mol. The molecule has 3 rings (SSSR count). The van der Waals surface area contributed by atoms with Crippen LogP contribution in [0.15, 0.2) is 34.6 Å². The molecule has 1 saturated heterocycles. The van der Waals surface area contributed by atoms with Crippen LogP contribution in [0, 0.1) is 13.8 Å². The number of halogens is 1. The van der Waals surface area contributed by atoms with Crippen LogP contribution < -0.4 is 5.32 Å². The lowest BCUT2D eigenvalue weighted by Crippen LogP contribution is -2.42. The number of benzene rings is 1. The SMILES string of the molecule is CCNC(=NCC(c1cccc(C)c1)N1CCOCC1)N(C)Cc1csc(C)n1.I. The molecule has 1 fully saturated rings. The van der Waals surface area contributed by atoms with Crippen molar-refractivity contribution in [2.75, 3.05) is 46.4 Å². The molecule has 1 aliphatic heterocycles. The minimum absolute atomic E-state index is 0. The summed E-state index contributed by atoms with van der Waals surface area (Å²) >= 11 is 1.69. The Morgan fingerprint density at radius 3 is 2.73 bits per heavy atom. The van der Waals surface area contributed by atoms with Crippen molar-refractivity contribution < 1.29 is 4.74 Å². The van der Waals surface area contributed by atoms with E-state index in [-0.39, 0.29) is 30.0 Å². The second kappa shape index (κ2) is 12.6. The summed E-state index contributed by atoms with van der Waals surface area (Å²) in [5.41, 5.74) is 3.70. The van der Waals surface area contributed by atoms with E-state index in [9.17, 15) is 0 Å². The van der Waals surface area contributed by atoms with Crippen LogP contribution in [-0.2, 0) is 11.3 Å². The van der Waals surface area contributed by atoms with Crippen molar-refractivity contribution in [1.29, 1.82) is 0 Å². The normalized spacial score (nSPS) is 16.1. The van der Waals surface area contributed by atoms with Gasteiger partial charge < -0.3 is 15.0 Å². The first kappa shape index (κ1) is 25.0. The Labute approximate surface area is 201 Å². The molecule has 1 aromatic heterocycles. The number of thiazole rings is 1. The van der Waals surface area contributed by atoms with Gasteiger partial charge in [0.1, 0.15) is 0 Å². The molecule has 2 heterocycles. The maximum absolute atomic E-state index is 5.58. The Morgan fingerprint density at radius 2 is 2.10 bits per heavy atom. The van der Waals surface area contributed by atoms with E-state index in [2.05, 4.69) is 70.6 Å². The van der Waals surface area contributed by atoms with E-state index in [1.54, 1.807) is 11.3 Å². The van der Waals surface area contributed by atoms with E-state index < -0.39 is 0 Å². The molecule has 30 heavy (non-hydrogen) atoms. The molecule has 2 aromatic rings. The molecule has 1 aromatic carbocycles. The Bertz CT molecular complexity index is 806. The standard InChI is InChI=1S/C22H33N5OS.HI/c1-5-23-22(26(4)15-20-16-29-18(3)25-20)24-14-21(27-9-11-28-12-10-27)19-8-6-7-17(2)13-19;/h6-8,13,16,21H,5,9-12,14-15H2,1-4H3,(H,23,24);1H. The molecule has 0 spiro atoms. The van der Waals surface area contributed by atoms with Crippen molar-refractivity contribution in [1.82, 2.24) is 20.1 Å². The Kier molecular flexibility index (Phi) is 10.5. The number of rotatable bonds is 7. The third-order valence-corrected chi connectivity index (χ3v) is 5.91. The van der Waals surface area contributed by atoms with Crippen molar-refractivity contribution in [2.45, 2.75) is 33.4 Å². The number of aliphatic imine (C=N–C) groups is 1. The molecule has 0 aliphatic carbocycles. The van der Waals surface area contributed by atoms with Gasteiger partial charge in [0.05, 0.1) is 43.0 Å². The maximum Gasteiger partial charge on any atom is 0.194 e. The number of guanidine groups is 1. The molecule has 8 heteroatoms. The first-order chi connectivity index (χ1) is 14.1. The van der Waals surface area contributed by atoms with Gasteiger partial charge >= 0.3 is 0 Å². The van der Waals surface area contributed by atoms with Crippen molar-refractivity contribution in [3.05, 3.63) is 51.5 Å². The summed E-state index contributed by atoms with van der Waals surface area (Å²) in [7, 11) is 2.08. The summed E-state index contributed by atoms with van der Waals surface area (Å²) < 4.78 is 5.58. The average molecular weight is 544 g/mol. The zero-order chi connectivity index (χ0) is 20.6. The summed E-state index contributed by atoms with van der Waals surface area (Å²) in [6.45, 7) is 12.1. The Hall–Kier alpha value is -1.23. The molecule has 166 valence electrons. The first-order valence-corrected chi connectivity index (χ1v) is 11.2. The van der Waals surface area contributed by atoms with Crippen LogP contribution in [0.25, 0.3) is 0 Å². The smallest absolute Gasteiger partial charge is 0.194 e. The molecule has 0 bridgehead atoms. The van der Waals surface area contributed by atoms with Crippen LogP contribution >= 0.6 is 35.3 Å². The van der Waals surface area contributed by atoms with Gasteiger partial charge in [-0.05, 0) is 26.3 Å². The van der Waals surface area contributed by atoms with Gasteiger partial charge in [-0.1, -0.05) is 29.8 Å². The summed E-state index contributed by atoms with van der Waals surface area (Å²) in [6, 6.07) is 9.05. The fourth-order valence-corrected chi connectivity index (χ4v) is 4.24. The van der Waals surface area contributed by atoms with Gasteiger partial charge in [-0.15, -0.1) is 35.3 Å². The van der Waals surface area contributed by atoms with Gasteiger partial charge in [-0.2, -0.15) is 0 Å². The third kappa shape index (κ3) is 7.18. The van der Waals surface area contributed by atoms with Gasteiger partial charge in [0.25, 0.3) is 0 Å². The van der Waals surface area contributed by atoms with Gasteiger partial charge in [0.15, 0.2) is 5.96 Å². The third-order valence-electron chi connectivity index (χ3n) is 5.09. The molecule has 6 nitrogen and oxygen atoms in total. The van der Waals surface area contributed by atoms with E-state index in [1.165, 1.54) is 11.1 Å². The zero-order valence-electron chi connectivity index (χ0n) is 18.4. The zero-order valence-corrected chi connectivity index (χ0v) is 21.6. The molecule has 1 N–H and O–H groups in total. The summed E-state index contributed by atoms with van der Waals surface area (Å²) in [5.74, 6) is 0.920. The average Bonchev–Trinajstić information content (AvgIpc) is 3.12. The number of aromatic nitrogens is 1. The summed E-state index contributed by atoms with van der Waals surface area (Å²) in [5, 5.41) is 6.66. The number of ether oxygens (including phenoxy) is 1. The second-order valence-corrected chi connectivity index (χ2v) is 8.55. The molecule has 1 unspecified atom stereocenters. The number of hydrogen-bond acceptors (Lipinski definition) is 5. The van der Waals surface area contributed by atoms with E-state index in [0.29, 0.717) is 6.54 Å². The van der Waals surface area contributed by atoms with Crippen LogP contribution in [0.2, 0.25) is 0 Å².